The van der Waals surface area contributed by atoms with Crippen LogP contribution in [-0.2, 0) is 13.0 Å². The topological polar surface area (TPSA) is 6.48 Å². The third kappa shape index (κ3) is 7.32. The van der Waals surface area contributed by atoms with Crippen LogP contribution in [-0.4, -0.2) is 43.5 Å². The number of rotatable bonds is 10. The van der Waals surface area contributed by atoms with Gasteiger partial charge in [0.25, 0.3) is 0 Å². The lowest BCUT2D eigenvalue weighted by molar-refractivity contribution is 0.229. The van der Waals surface area contributed by atoms with Gasteiger partial charge in [0, 0.05) is 19.6 Å². The smallest absolute Gasteiger partial charge is 0.159 e. The van der Waals surface area contributed by atoms with Crippen molar-refractivity contribution in [1.29, 1.82) is 0 Å². The van der Waals surface area contributed by atoms with E-state index in [1.807, 2.05) is 20.2 Å². The summed E-state index contributed by atoms with van der Waals surface area (Å²) in [5.41, 5.74) is 2.18. The summed E-state index contributed by atoms with van der Waals surface area (Å²) in [7, 11) is 4.09. The summed E-state index contributed by atoms with van der Waals surface area (Å²) in [6, 6.07) is 14.7. The molecule has 0 heterocycles. The van der Waals surface area contributed by atoms with Gasteiger partial charge in [-0.15, -0.1) is 0 Å². The SMILES string of the molecule is CN(C)CCN(CCCCc1ccccc1)Cc1ccc(F)c(F)c1. The van der Waals surface area contributed by atoms with Crippen molar-refractivity contribution in [3.05, 3.63) is 71.3 Å². The Kier molecular flexibility index (Phi) is 8.02. The molecule has 2 aromatic carbocycles. The van der Waals surface area contributed by atoms with Crippen molar-refractivity contribution in [2.45, 2.75) is 25.8 Å². The van der Waals surface area contributed by atoms with Crippen LogP contribution in [0.5, 0.6) is 0 Å². The van der Waals surface area contributed by atoms with Crippen LogP contribution in [0.2, 0.25) is 0 Å². The molecule has 0 atom stereocenters. The molecule has 4 heteroatoms. The first-order chi connectivity index (χ1) is 12.0. The Morgan fingerprint density at radius 3 is 2.20 bits per heavy atom. The van der Waals surface area contributed by atoms with Gasteiger partial charge in [0.05, 0.1) is 0 Å². The van der Waals surface area contributed by atoms with E-state index in [9.17, 15) is 8.78 Å². The number of hydrogen-bond donors (Lipinski definition) is 0. The number of aryl methyl sites for hydroxylation is 1. The quantitative estimate of drug-likeness (QED) is 0.590. The Morgan fingerprint density at radius 1 is 0.760 bits per heavy atom. The van der Waals surface area contributed by atoms with Gasteiger partial charge in [-0.05, 0) is 63.2 Å². The van der Waals surface area contributed by atoms with Crippen LogP contribution in [0.1, 0.15) is 24.0 Å². The Balaban J connectivity index is 1.85. The predicted molar refractivity (Wildman–Crippen MR) is 99.6 cm³/mol. The molecule has 0 aliphatic rings. The molecule has 136 valence electrons. The lowest BCUT2D eigenvalue weighted by Gasteiger charge is -2.24. The van der Waals surface area contributed by atoms with Crippen LogP contribution in [0, 0.1) is 11.6 Å². The van der Waals surface area contributed by atoms with Gasteiger partial charge in [0.1, 0.15) is 0 Å². The molecular formula is C21H28F2N2. The molecule has 0 aliphatic heterocycles. The number of benzene rings is 2. The summed E-state index contributed by atoms with van der Waals surface area (Å²) in [6.45, 7) is 3.47. The maximum atomic E-state index is 13.4. The fraction of sp³-hybridized carbons (Fsp3) is 0.429. The molecule has 0 fully saturated rings. The molecule has 2 rings (SSSR count). The fourth-order valence-electron chi connectivity index (χ4n) is 2.82. The normalized spacial score (nSPS) is 11.4. The lowest BCUT2D eigenvalue weighted by Crippen LogP contribution is -2.32. The number of unbranched alkanes of at least 4 members (excludes halogenated alkanes) is 1. The number of likely N-dealkylation sites (N-methyl/N-ethyl adjacent to an activating group) is 1. The molecular weight excluding hydrogens is 318 g/mol. The van der Waals surface area contributed by atoms with Crippen molar-refractivity contribution >= 4 is 0 Å². The van der Waals surface area contributed by atoms with Crippen molar-refractivity contribution in [3.8, 4) is 0 Å². The average Bonchev–Trinajstić information content (AvgIpc) is 2.60. The zero-order valence-corrected chi connectivity index (χ0v) is 15.2. The minimum atomic E-state index is -0.786. The third-order valence-electron chi connectivity index (χ3n) is 4.29. The van der Waals surface area contributed by atoms with Gasteiger partial charge in [-0.1, -0.05) is 36.4 Å². The standard InChI is InChI=1S/C21H28F2N2/c1-24(2)14-15-25(17-19-11-12-20(22)21(23)16-19)13-7-6-10-18-8-4-3-5-9-18/h3-5,8-9,11-12,16H,6-7,10,13-15,17H2,1-2H3. The van der Waals surface area contributed by atoms with Gasteiger partial charge in [-0.2, -0.15) is 0 Å². The molecule has 2 aromatic rings. The molecule has 0 spiro atoms. The van der Waals surface area contributed by atoms with E-state index in [1.165, 1.54) is 17.7 Å². The highest BCUT2D eigenvalue weighted by Crippen LogP contribution is 2.12. The molecule has 0 N–H and O–H groups in total. The molecule has 0 saturated heterocycles. The monoisotopic (exact) mass is 346 g/mol. The van der Waals surface area contributed by atoms with E-state index in [4.69, 9.17) is 0 Å². The van der Waals surface area contributed by atoms with Crippen LogP contribution in [0.3, 0.4) is 0 Å². The highest BCUT2D eigenvalue weighted by Gasteiger charge is 2.09. The molecule has 0 saturated carbocycles. The van der Waals surface area contributed by atoms with E-state index >= 15 is 0 Å². The van der Waals surface area contributed by atoms with Gasteiger partial charge in [0.15, 0.2) is 11.6 Å². The second-order valence-electron chi connectivity index (χ2n) is 6.77. The van der Waals surface area contributed by atoms with Gasteiger partial charge in [-0.3, -0.25) is 4.90 Å². The van der Waals surface area contributed by atoms with Gasteiger partial charge in [-0.25, -0.2) is 8.78 Å². The molecule has 0 radical (unpaired) electrons. The maximum Gasteiger partial charge on any atom is 0.159 e. The van der Waals surface area contributed by atoms with Gasteiger partial charge >= 0.3 is 0 Å². The van der Waals surface area contributed by atoms with E-state index in [0.29, 0.717) is 6.54 Å². The van der Waals surface area contributed by atoms with E-state index in [1.54, 1.807) is 6.07 Å². The highest BCUT2D eigenvalue weighted by atomic mass is 19.2. The van der Waals surface area contributed by atoms with Gasteiger partial charge < -0.3 is 4.90 Å². The summed E-state index contributed by atoms with van der Waals surface area (Å²) < 4.78 is 26.5. The molecule has 0 unspecified atom stereocenters. The van der Waals surface area contributed by atoms with E-state index < -0.39 is 11.6 Å². The first-order valence-electron chi connectivity index (χ1n) is 8.89. The molecule has 0 aliphatic carbocycles. The molecule has 0 bridgehead atoms. The second-order valence-corrected chi connectivity index (χ2v) is 6.77. The van der Waals surface area contributed by atoms with Crippen LogP contribution in [0.4, 0.5) is 8.78 Å². The van der Waals surface area contributed by atoms with E-state index in [2.05, 4.69) is 34.1 Å². The van der Waals surface area contributed by atoms with E-state index in [0.717, 1.165) is 44.5 Å². The number of nitrogens with zero attached hydrogens (tertiary/aromatic N) is 2. The summed E-state index contributed by atoms with van der Waals surface area (Å²) in [6.07, 6.45) is 3.29. The van der Waals surface area contributed by atoms with Crippen LogP contribution in [0.25, 0.3) is 0 Å². The zero-order chi connectivity index (χ0) is 18.1. The molecule has 0 aromatic heterocycles. The van der Waals surface area contributed by atoms with Crippen LogP contribution in [0.15, 0.2) is 48.5 Å². The minimum absolute atomic E-state index is 0.649. The first kappa shape index (κ1) is 19.5. The Hall–Kier alpha value is -1.78. The minimum Gasteiger partial charge on any atom is -0.308 e. The number of halogens is 2. The van der Waals surface area contributed by atoms with Crippen molar-refractivity contribution < 1.29 is 8.78 Å². The predicted octanol–water partition coefficient (Wildman–Crippen LogP) is 4.35. The van der Waals surface area contributed by atoms with Crippen molar-refractivity contribution in [1.82, 2.24) is 9.80 Å². The average molecular weight is 346 g/mol. The van der Waals surface area contributed by atoms with Crippen molar-refractivity contribution in [2.75, 3.05) is 33.7 Å². The number of hydrogen-bond acceptors (Lipinski definition) is 2. The Morgan fingerprint density at radius 2 is 1.52 bits per heavy atom. The van der Waals surface area contributed by atoms with Crippen LogP contribution < -0.4 is 0 Å². The second kappa shape index (κ2) is 10.3. The zero-order valence-electron chi connectivity index (χ0n) is 15.2. The Bertz CT molecular complexity index is 629. The third-order valence-corrected chi connectivity index (χ3v) is 4.29. The van der Waals surface area contributed by atoms with Crippen LogP contribution >= 0.6 is 0 Å². The molecule has 2 nitrogen and oxygen atoms in total. The highest BCUT2D eigenvalue weighted by molar-refractivity contribution is 5.17. The van der Waals surface area contributed by atoms with Crippen molar-refractivity contribution in [3.63, 3.8) is 0 Å². The summed E-state index contributed by atoms with van der Waals surface area (Å²) >= 11 is 0. The molecule has 25 heavy (non-hydrogen) atoms. The Labute approximate surface area is 150 Å². The molecule has 0 amide bonds. The largest absolute Gasteiger partial charge is 0.308 e. The summed E-state index contributed by atoms with van der Waals surface area (Å²) in [5, 5.41) is 0. The first-order valence-corrected chi connectivity index (χ1v) is 8.89. The maximum absolute atomic E-state index is 13.4. The summed E-state index contributed by atoms with van der Waals surface area (Å²) in [5.74, 6) is -1.56. The van der Waals surface area contributed by atoms with E-state index in [-0.39, 0.29) is 0 Å². The van der Waals surface area contributed by atoms with Crippen molar-refractivity contribution in [2.24, 2.45) is 0 Å². The fourth-order valence-corrected chi connectivity index (χ4v) is 2.82. The van der Waals surface area contributed by atoms with Gasteiger partial charge in [0.2, 0.25) is 0 Å². The lowest BCUT2D eigenvalue weighted by atomic mass is 10.1. The summed E-state index contributed by atoms with van der Waals surface area (Å²) in [4.78, 5) is 4.46.